The summed E-state index contributed by atoms with van der Waals surface area (Å²) in [4.78, 5) is 27.0. The van der Waals surface area contributed by atoms with Crippen molar-refractivity contribution in [1.82, 2.24) is 19.8 Å². The fourth-order valence-electron chi connectivity index (χ4n) is 4.68. The zero-order valence-electron chi connectivity index (χ0n) is 20.0. The van der Waals surface area contributed by atoms with Crippen molar-refractivity contribution in [3.05, 3.63) is 47.4 Å². The van der Waals surface area contributed by atoms with Gasteiger partial charge in [-0.1, -0.05) is 19.1 Å². The predicted octanol–water partition coefficient (Wildman–Crippen LogP) is 2.73. The van der Waals surface area contributed by atoms with Gasteiger partial charge >= 0.3 is 0 Å². The van der Waals surface area contributed by atoms with Crippen molar-refractivity contribution in [2.75, 3.05) is 64.9 Å². The van der Waals surface area contributed by atoms with Crippen LogP contribution < -0.4 is 10.1 Å². The summed E-state index contributed by atoms with van der Waals surface area (Å²) < 4.78 is 11.5. The molecule has 0 aliphatic carbocycles. The molecule has 0 bridgehead atoms. The Morgan fingerprint density at radius 2 is 2.00 bits per heavy atom. The SMILES string of the molecule is CNc1cc(C2(C)CCCN(C(=O)c3ccccc3OCCN3CCOCC3)C2)nc(C)n1. The van der Waals surface area contributed by atoms with Crippen LogP contribution in [0.5, 0.6) is 5.75 Å². The Morgan fingerprint density at radius 3 is 2.79 bits per heavy atom. The van der Waals surface area contributed by atoms with Gasteiger partial charge in [-0.3, -0.25) is 9.69 Å². The summed E-state index contributed by atoms with van der Waals surface area (Å²) in [6.45, 7) is 10.2. The summed E-state index contributed by atoms with van der Waals surface area (Å²) in [7, 11) is 1.86. The number of carbonyl (C=O) groups excluding carboxylic acids is 1. The molecule has 0 spiro atoms. The van der Waals surface area contributed by atoms with Crippen molar-refractivity contribution in [2.45, 2.75) is 32.1 Å². The lowest BCUT2D eigenvalue weighted by molar-refractivity contribution is 0.0321. The van der Waals surface area contributed by atoms with Gasteiger partial charge < -0.3 is 19.7 Å². The maximum Gasteiger partial charge on any atom is 0.257 e. The van der Waals surface area contributed by atoms with E-state index >= 15 is 0 Å². The molecule has 8 nitrogen and oxygen atoms in total. The number of morpholine rings is 1. The summed E-state index contributed by atoms with van der Waals surface area (Å²) in [6, 6.07) is 9.58. The first-order chi connectivity index (χ1) is 16.0. The van der Waals surface area contributed by atoms with Gasteiger partial charge in [-0.25, -0.2) is 9.97 Å². The molecule has 1 atom stereocenters. The second-order valence-corrected chi connectivity index (χ2v) is 9.13. The average molecular weight is 454 g/mol. The molecule has 1 amide bonds. The lowest BCUT2D eigenvalue weighted by atomic mass is 9.78. The van der Waals surface area contributed by atoms with Gasteiger partial charge in [0.05, 0.1) is 24.5 Å². The van der Waals surface area contributed by atoms with Crippen molar-refractivity contribution >= 4 is 11.7 Å². The molecule has 1 N–H and O–H groups in total. The summed E-state index contributed by atoms with van der Waals surface area (Å²) in [5.41, 5.74) is 1.38. The Kier molecular flexibility index (Phi) is 7.45. The van der Waals surface area contributed by atoms with Crippen LogP contribution in [0.4, 0.5) is 5.82 Å². The van der Waals surface area contributed by atoms with Crippen molar-refractivity contribution < 1.29 is 14.3 Å². The molecule has 1 unspecified atom stereocenters. The quantitative estimate of drug-likeness (QED) is 0.690. The van der Waals surface area contributed by atoms with Gasteiger partial charge in [-0.2, -0.15) is 0 Å². The fraction of sp³-hybridized carbons (Fsp3) is 0.560. The minimum atomic E-state index is -0.223. The highest BCUT2D eigenvalue weighted by Gasteiger charge is 2.37. The molecule has 3 heterocycles. The predicted molar refractivity (Wildman–Crippen MR) is 128 cm³/mol. The number of para-hydroxylation sites is 1. The number of hydrogen-bond donors (Lipinski definition) is 1. The van der Waals surface area contributed by atoms with Crippen LogP contribution >= 0.6 is 0 Å². The molecular weight excluding hydrogens is 418 g/mol. The molecule has 0 radical (unpaired) electrons. The van der Waals surface area contributed by atoms with Crippen LogP contribution in [0.2, 0.25) is 0 Å². The number of hydrogen-bond acceptors (Lipinski definition) is 7. The molecule has 1 aromatic carbocycles. The summed E-state index contributed by atoms with van der Waals surface area (Å²) in [5.74, 6) is 2.21. The number of carbonyl (C=O) groups is 1. The van der Waals surface area contributed by atoms with Gasteiger partial charge in [-0.15, -0.1) is 0 Å². The zero-order chi connectivity index (χ0) is 23.3. The van der Waals surface area contributed by atoms with E-state index in [4.69, 9.17) is 14.5 Å². The van der Waals surface area contributed by atoms with Crippen LogP contribution in [0, 0.1) is 6.92 Å². The van der Waals surface area contributed by atoms with E-state index in [1.54, 1.807) is 0 Å². The molecule has 4 rings (SSSR count). The largest absolute Gasteiger partial charge is 0.491 e. The highest BCUT2D eigenvalue weighted by atomic mass is 16.5. The third-order valence-electron chi connectivity index (χ3n) is 6.58. The molecular formula is C25H35N5O3. The molecule has 33 heavy (non-hydrogen) atoms. The monoisotopic (exact) mass is 453 g/mol. The van der Waals surface area contributed by atoms with Crippen LogP contribution in [-0.4, -0.2) is 85.3 Å². The first-order valence-corrected chi connectivity index (χ1v) is 11.8. The molecule has 0 saturated carbocycles. The number of aromatic nitrogens is 2. The van der Waals surface area contributed by atoms with E-state index < -0.39 is 0 Å². The molecule has 178 valence electrons. The number of piperidine rings is 1. The smallest absolute Gasteiger partial charge is 0.257 e. The Hall–Kier alpha value is -2.71. The van der Waals surface area contributed by atoms with Crippen LogP contribution in [0.1, 0.15) is 41.6 Å². The number of rotatable bonds is 7. The standard InChI is InChI=1S/C25H35N5O3/c1-19-27-22(17-23(26-3)28-19)25(2)9-6-10-30(18-25)24(31)20-7-4-5-8-21(20)33-16-13-29-11-14-32-15-12-29/h4-5,7-8,17H,6,9-16,18H2,1-3H3,(H,26,27,28). The maximum atomic E-state index is 13.6. The number of likely N-dealkylation sites (tertiary alicyclic amines) is 1. The Bertz CT molecular complexity index is 963. The van der Waals surface area contributed by atoms with Crippen LogP contribution in [0.3, 0.4) is 0 Å². The summed E-state index contributed by atoms with van der Waals surface area (Å²) >= 11 is 0. The zero-order valence-corrected chi connectivity index (χ0v) is 20.0. The van der Waals surface area contributed by atoms with E-state index in [1.807, 2.05) is 49.2 Å². The van der Waals surface area contributed by atoms with Crippen LogP contribution in [-0.2, 0) is 10.2 Å². The van der Waals surface area contributed by atoms with Gasteiger partial charge in [0.2, 0.25) is 0 Å². The third-order valence-corrected chi connectivity index (χ3v) is 6.58. The van der Waals surface area contributed by atoms with E-state index in [9.17, 15) is 4.79 Å². The van der Waals surface area contributed by atoms with Crippen molar-refractivity contribution in [3.63, 3.8) is 0 Å². The Balaban J connectivity index is 1.46. The van der Waals surface area contributed by atoms with Crippen molar-refractivity contribution in [2.24, 2.45) is 0 Å². The van der Waals surface area contributed by atoms with Crippen LogP contribution in [0.25, 0.3) is 0 Å². The van der Waals surface area contributed by atoms with E-state index in [-0.39, 0.29) is 11.3 Å². The maximum absolute atomic E-state index is 13.6. The Morgan fingerprint density at radius 1 is 1.21 bits per heavy atom. The number of ether oxygens (including phenoxy) is 2. The van der Waals surface area contributed by atoms with E-state index in [0.29, 0.717) is 24.5 Å². The van der Waals surface area contributed by atoms with E-state index in [2.05, 4.69) is 22.1 Å². The van der Waals surface area contributed by atoms with Gasteiger partial charge in [0.15, 0.2) is 0 Å². The fourth-order valence-corrected chi connectivity index (χ4v) is 4.68. The summed E-state index contributed by atoms with van der Waals surface area (Å²) in [5, 5.41) is 3.12. The topological polar surface area (TPSA) is 79.8 Å². The molecule has 2 aromatic rings. The molecule has 2 aliphatic heterocycles. The first-order valence-electron chi connectivity index (χ1n) is 11.8. The Labute approximate surface area is 196 Å². The number of aryl methyl sites for hydroxylation is 1. The lowest BCUT2D eigenvalue weighted by Gasteiger charge is -2.40. The lowest BCUT2D eigenvalue weighted by Crippen LogP contribution is -2.47. The van der Waals surface area contributed by atoms with E-state index in [0.717, 1.165) is 69.6 Å². The van der Waals surface area contributed by atoms with Crippen LogP contribution in [0.15, 0.2) is 30.3 Å². The average Bonchev–Trinajstić information content (AvgIpc) is 2.84. The number of anilines is 1. The number of nitrogens with one attached hydrogen (secondary N) is 1. The molecule has 1 aromatic heterocycles. The van der Waals surface area contributed by atoms with Gasteiger partial charge in [0.25, 0.3) is 5.91 Å². The number of nitrogens with zero attached hydrogens (tertiary/aromatic N) is 4. The molecule has 2 fully saturated rings. The number of amides is 1. The van der Waals surface area contributed by atoms with Gasteiger partial charge in [0.1, 0.15) is 24.0 Å². The molecule has 2 saturated heterocycles. The second kappa shape index (κ2) is 10.5. The normalized spacial score (nSPS) is 21.6. The molecule has 2 aliphatic rings. The van der Waals surface area contributed by atoms with E-state index in [1.165, 1.54) is 0 Å². The highest BCUT2D eigenvalue weighted by Crippen LogP contribution is 2.34. The molecule has 8 heteroatoms. The minimum absolute atomic E-state index is 0.0162. The second-order valence-electron chi connectivity index (χ2n) is 9.13. The van der Waals surface area contributed by atoms with Crippen molar-refractivity contribution in [1.29, 1.82) is 0 Å². The highest BCUT2D eigenvalue weighted by molar-refractivity contribution is 5.97. The third kappa shape index (κ3) is 5.62. The summed E-state index contributed by atoms with van der Waals surface area (Å²) in [6.07, 6.45) is 1.91. The first kappa shape index (κ1) is 23.4. The van der Waals surface area contributed by atoms with Gasteiger partial charge in [-0.05, 0) is 31.9 Å². The van der Waals surface area contributed by atoms with Gasteiger partial charge in [0, 0.05) is 51.3 Å². The number of benzene rings is 1. The van der Waals surface area contributed by atoms with Crippen molar-refractivity contribution in [3.8, 4) is 5.75 Å². The minimum Gasteiger partial charge on any atom is -0.491 e.